The van der Waals surface area contributed by atoms with E-state index in [0.717, 1.165) is 68.1 Å². The van der Waals surface area contributed by atoms with Gasteiger partial charge in [0.1, 0.15) is 11.5 Å². The van der Waals surface area contributed by atoms with Crippen LogP contribution in [0.5, 0.6) is 11.5 Å². The molecule has 314 valence electrons. The second kappa shape index (κ2) is 16.1. The number of rotatable bonds is 8. The lowest BCUT2D eigenvalue weighted by Gasteiger charge is -2.41. The Hall–Kier alpha value is -7.76. The van der Waals surface area contributed by atoms with Gasteiger partial charge in [-0.3, -0.25) is 0 Å². The summed E-state index contributed by atoms with van der Waals surface area (Å²) in [6.07, 6.45) is 0. The van der Waals surface area contributed by atoms with E-state index in [1.807, 2.05) is 0 Å². The first kappa shape index (κ1) is 40.0. The number of hydrogen-bond acceptors (Lipinski definition) is 4. The van der Waals surface area contributed by atoms with Gasteiger partial charge in [0.2, 0.25) is 0 Å². The number of anilines is 9. The molecule has 0 saturated carbocycles. The van der Waals surface area contributed by atoms with Crippen molar-refractivity contribution in [2.24, 2.45) is 0 Å². The van der Waals surface area contributed by atoms with E-state index in [1.165, 1.54) is 38.7 Å². The fraction of sp³-hybridized carbons (Fsp3) is 0.100. The van der Waals surface area contributed by atoms with E-state index in [-0.39, 0.29) is 12.1 Å². The maximum atomic E-state index is 7.11. The van der Waals surface area contributed by atoms with Gasteiger partial charge in [0.25, 0.3) is 6.71 Å². The van der Waals surface area contributed by atoms with Crippen molar-refractivity contribution < 1.29 is 4.74 Å². The van der Waals surface area contributed by atoms with Gasteiger partial charge in [-0.2, -0.15) is 0 Å². The molecular weight excluding hydrogens is 789 g/mol. The molecule has 0 N–H and O–H groups in total. The van der Waals surface area contributed by atoms with Gasteiger partial charge in [-0.1, -0.05) is 142 Å². The smallest absolute Gasteiger partial charge is 0.256 e. The second-order valence-electron chi connectivity index (χ2n) is 18.3. The molecule has 0 unspecified atom stereocenters. The van der Waals surface area contributed by atoms with Gasteiger partial charge in [-0.25, -0.2) is 0 Å². The summed E-state index contributed by atoms with van der Waals surface area (Å²) in [7, 11) is 0. The van der Waals surface area contributed by atoms with Crippen LogP contribution in [0.4, 0.5) is 51.2 Å². The molecule has 0 saturated heterocycles. The molecule has 9 aromatic carbocycles. The lowest BCUT2D eigenvalue weighted by Crippen LogP contribution is -2.59. The van der Waals surface area contributed by atoms with Gasteiger partial charge in [-0.15, -0.1) is 0 Å². The summed E-state index contributed by atoms with van der Waals surface area (Å²) in [5.74, 6) is 1.73. The van der Waals surface area contributed by atoms with Crippen LogP contribution in [0, 0.1) is 13.8 Å². The van der Waals surface area contributed by atoms with Crippen molar-refractivity contribution in [2.75, 3.05) is 14.7 Å². The topological polar surface area (TPSA) is 19.0 Å². The fourth-order valence-corrected chi connectivity index (χ4v) is 9.92. The van der Waals surface area contributed by atoms with Crippen LogP contribution in [0.1, 0.15) is 37.5 Å². The molecule has 2 heterocycles. The lowest BCUT2D eigenvalue weighted by molar-refractivity contribution is 0.487. The number of aryl methyl sites for hydroxylation is 2. The number of para-hydroxylation sites is 4. The molecule has 11 rings (SSSR count). The number of fused-ring (bicyclic) bond motifs is 4. The summed E-state index contributed by atoms with van der Waals surface area (Å²) in [4.78, 5) is 7.18. The fourth-order valence-electron chi connectivity index (χ4n) is 9.92. The average molecular weight is 840 g/mol. The largest absolute Gasteiger partial charge is 0.458 e. The summed E-state index contributed by atoms with van der Waals surface area (Å²) in [6.45, 7) is 11.2. The van der Waals surface area contributed by atoms with E-state index >= 15 is 0 Å². The van der Waals surface area contributed by atoms with Gasteiger partial charge >= 0.3 is 0 Å². The number of benzene rings is 9. The van der Waals surface area contributed by atoms with E-state index in [0.29, 0.717) is 0 Å². The Bertz CT molecular complexity index is 3120. The summed E-state index contributed by atoms with van der Waals surface area (Å²) < 4.78 is 7.11. The highest BCUT2D eigenvalue weighted by molar-refractivity contribution is 6.99. The third-order valence-electron chi connectivity index (χ3n) is 13.0. The minimum absolute atomic E-state index is 0.0469. The molecule has 65 heavy (non-hydrogen) atoms. The first-order valence-electron chi connectivity index (χ1n) is 22.6. The zero-order valence-electron chi connectivity index (χ0n) is 37.5. The average Bonchev–Trinajstić information content (AvgIpc) is 3.33. The van der Waals surface area contributed by atoms with Gasteiger partial charge in [0.05, 0.1) is 5.69 Å². The summed E-state index contributed by atoms with van der Waals surface area (Å²) >= 11 is 0. The Labute approximate surface area is 383 Å². The highest BCUT2D eigenvalue weighted by Gasteiger charge is 2.43. The van der Waals surface area contributed by atoms with Crippen LogP contribution in [0.2, 0.25) is 0 Å². The summed E-state index contributed by atoms with van der Waals surface area (Å²) in [6, 6.07) is 76.9. The van der Waals surface area contributed by atoms with E-state index in [1.54, 1.807) is 0 Å². The minimum Gasteiger partial charge on any atom is -0.458 e. The molecule has 0 radical (unpaired) electrons. The molecular formula is C60H50BN3O. The molecule has 4 nitrogen and oxygen atoms in total. The molecule has 5 heteroatoms. The van der Waals surface area contributed by atoms with Gasteiger partial charge < -0.3 is 19.4 Å². The van der Waals surface area contributed by atoms with Crippen LogP contribution in [0.25, 0.3) is 11.1 Å². The first-order chi connectivity index (χ1) is 31.7. The van der Waals surface area contributed by atoms with Crippen molar-refractivity contribution in [1.29, 1.82) is 0 Å². The lowest BCUT2D eigenvalue weighted by atomic mass is 9.34. The summed E-state index contributed by atoms with van der Waals surface area (Å²) in [5, 5.41) is 0. The van der Waals surface area contributed by atoms with Crippen molar-refractivity contribution in [3.05, 3.63) is 229 Å². The highest BCUT2D eigenvalue weighted by Crippen LogP contribution is 2.48. The van der Waals surface area contributed by atoms with Crippen molar-refractivity contribution in [1.82, 2.24) is 0 Å². The minimum atomic E-state index is -0.0819. The van der Waals surface area contributed by atoms with Crippen LogP contribution in [-0.4, -0.2) is 6.71 Å². The normalized spacial score (nSPS) is 12.4. The Morgan fingerprint density at radius 2 is 0.969 bits per heavy atom. The van der Waals surface area contributed by atoms with Crippen molar-refractivity contribution in [2.45, 2.75) is 40.0 Å². The van der Waals surface area contributed by atoms with Crippen LogP contribution < -0.4 is 35.8 Å². The van der Waals surface area contributed by atoms with Gasteiger partial charge in [0.15, 0.2) is 0 Å². The molecule has 0 aliphatic carbocycles. The molecule has 0 spiro atoms. The standard InChI is InChI=1S/C60H50BN3O/c1-41-29-33-50(42(2)37-41)51-38-43(60(3,4)5)30-36-54(51)64-55-27-18-28-57-59(55)61(52-34-31-48(39-56(52)64)62(44-19-10-6-11-20-44)45-21-12-7-13-22-45)53-35-32-49(40-58(53)65-57)63(46-23-14-8-15-24-46)47-25-16-9-17-26-47/h6-40H,1-5H3. The van der Waals surface area contributed by atoms with Gasteiger partial charge in [0, 0.05) is 57.1 Å². The first-order valence-corrected chi connectivity index (χ1v) is 22.6. The Morgan fingerprint density at radius 1 is 0.415 bits per heavy atom. The molecule has 9 aromatic rings. The van der Waals surface area contributed by atoms with E-state index in [9.17, 15) is 0 Å². The number of nitrogens with zero attached hydrogens (tertiary/aromatic N) is 3. The Morgan fingerprint density at radius 3 is 1.52 bits per heavy atom. The van der Waals surface area contributed by atoms with Crippen LogP contribution >= 0.6 is 0 Å². The molecule has 2 aliphatic heterocycles. The number of ether oxygens (including phenoxy) is 1. The van der Waals surface area contributed by atoms with Gasteiger partial charge in [-0.05, 0) is 143 Å². The zero-order chi connectivity index (χ0) is 44.2. The monoisotopic (exact) mass is 839 g/mol. The second-order valence-corrected chi connectivity index (χ2v) is 18.3. The van der Waals surface area contributed by atoms with Crippen LogP contribution in [-0.2, 0) is 5.41 Å². The predicted octanol–water partition coefficient (Wildman–Crippen LogP) is 14.6. The van der Waals surface area contributed by atoms with E-state index < -0.39 is 0 Å². The molecule has 2 aliphatic rings. The molecule has 0 amide bonds. The maximum Gasteiger partial charge on any atom is 0.256 e. The third kappa shape index (κ3) is 7.14. The Kier molecular flexibility index (Phi) is 9.92. The Balaban J connectivity index is 1.16. The SMILES string of the molecule is Cc1ccc(-c2cc(C(C)(C)C)ccc2N2c3cc(N(c4ccccc4)c4ccccc4)ccc3B3c4ccc(N(c5ccccc5)c5ccccc5)cc4Oc4cccc2c43)c(C)c1. The zero-order valence-corrected chi connectivity index (χ0v) is 37.5. The van der Waals surface area contributed by atoms with Crippen molar-refractivity contribution in [3.8, 4) is 22.6 Å². The van der Waals surface area contributed by atoms with Crippen molar-refractivity contribution >= 4 is 74.3 Å². The quantitative estimate of drug-likeness (QED) is 0.142. The highest BCUT2D eigenvalue weighted by atomic mass is 16.5. The molecule has 0 atom stereocenters. The third-order valence-corrected chi connectivity index (χ3v) is 13.0. The number of hydrogen-bond donors (Lipinski definition) is 0. The van der Waals surface area contributed by atoms with Crippen molar-refractivity contribution in [3.63, 3.8) is 0 Å². The predicted molar refractivity (Wildman–Crippen MR) is 275 cm³/mol. The van der Waals surface area contributed by atoms with Crippen LogP contribution in [0.3, 0.4) is 0 Å². The van der Waals surface area contributed by atoms with E-state index in [4.69, 9.17) is 4.74 Å². The van der Waals surface area contributed by atoms with E-state index in [2.05, 4.69) is 262 Å². The molecule has 0 aromatic heterocycles. The summed E-state index contributed by atoms with van der Waals surface area (Å²) in [5.41, 5.74) is 19.6. The van der Waals surface area contributed by atoms with Crippen LogP contribution in [0.15, 0.2) is 212 Å². The molecule has 0 fully saturated rings. The molecule has 0 bridgehead atoms. The maximum absolute atomic E-state index is 7.11.